The van der Waals surface area contributed by atoms with Crippen molar-refractivity contribution in [1.82, 2.24) is 0 Å². The number of nitrogens with one attached hydrogen (secondary N) is 1. The van der Waals surface area contributed by atoms with E-state index in [1.165, 1.54) is 31.2 Å². The Balaban J connectivity index is 1.79. The highest BCUT2D eigenvalue weighted by Gasteiger charge is 2.47. The van der Waals surface area contributed by atoms with Crippen molar-refractivity contribution in [1.29, 1.82) is 0 Å². The summed E-state index contributed by atoms with van der Waals surface area (Å²) in [5.41, 5.74) is 7.94. The SMILES string of the molecule is Cc1ccccc1NC1(C(N)=O)CCC2(CCCC2)CC1. The maximum Gasteiger partial charge on any atom is 0.243 e. The van der Waals surface area contributed by atoms with Crippen LogP contribution in [-0.4, -0.2) is 11.4 Å². The summed E-state index contributed by atoms with van der Waals surface area (Å²) in [5.74, 6) is -0.196. The molecule has 1 aromatic rings. The van der Waals surface area contributed by atoms with Crippen LogP contribution in [0.2, 0.25) is 0 Å². The number of carbonyl (C=O) groups is 1. The van der Waals surface area contributed by atoms with Crippen molar-refractivity contribution in [2.75, 3.05) is 5.32 Å². The lowest BCUT2D eigenvalue weighted by atomic mass is 9.66. The highest BCUT2D eigenvalue weighted by Crippen LogP contribution is 2.51. The Hall–Kier alpha value is -1.51. The first-order valence-electron chi connectivity index (χ1n) is 8.19. The van der Waals surface area contributed by atoms with Crippen LogP contribution in [0.1, 0.15) is 56.9 Å². The van der Waals surface area contributed by atoms with Crippen molar-refractivity contribution >= 4 is 11.6 Å². The molecule has 2 aliphatic carbocycles. The smallest absolute Gasteiger partial charge is 0.243 e. The molecule has 2 saturated carbocycles. The fourth-order valence-electron chi connectivity index (χ4n) is 4.24. The number of rotatable bonds is 3. The second kappa shape index (κ2) is 5.36. The summed E-state index contributed by atoms with van der Waals surface area (Å²) in [6.07, 6.45) is 9.40. The standard InChI is InChI=1S/C18H26N2O/c1-14-6-2-3-7-15(14)20-18(16(19)21)12-10-17(11-13-18)8-4-5-9-17/h2-3,6-7,20H,4-5,8-13H2,1H3,(H2,19,21). The molecular formula is C18H26N2O. The number of primary amides is 1. The van der Waals surface area contributed by atoms with E-state index in [1.807, 2.05) is 18.2 Å². The van der Waals surface area contributed by atoms with Crippen LogP contribution in [0.4, 0.5) is 5.69 Å². The zero-order valence-electron chi connectivity index (χ0n) is 13.0. The third-order valence-electron chi connectivity index (χ3n) is 5.82. The lowest BCUT2D eigenvalue weighted by Gasteiger charge is -2.44. The van der Waals surface area contributed by atoms with Gasteiger partial charge in [0.15, 0.2) is 0 Å². The number of carbonyl (C=O) groups excluding carboxylic acids is 1. The first kappa shape index (κ1) is 14.4. The van der Waals surface area contributed by atoms with Crippen LogP contribution >= 0.6 is 0 Å². The van der Waals surface area contributed by atoms with E-state index in [1.54, 1.807) is 0 Å². The van der Waals surface area contributed by atoms with Crippen molar-refractivity contribution in [2.45, 2.75) is 63.8 Å². The minimum Gasteiger partial charge on any atom is -0.371 e. The van der Waals surface area contributed by atoms with Gasteiger partial charge in [-0.25, -0.2) is 0 Å². The zero-order chi connectivity index (χ0) is 14.9. The normalized spacial score (nSPS) is 23.1. The van der Waals surface area contributed by atoms with Gasteiger partial charge in [0.2, 0.25) is 5.91 Å². The van der Waals surface area contributed by atoms with Gasteiger partial charge < -0.3 is 11.1 Å². The van der Waals surface area contributed by atoms with E-state index in [9.17, 15) is 4.79 Å². The van der Waals surface area contributed by atoms with E-state index in [4.69, 9.17) is 5.73 Å². The van der Waals surface area contributed by atoms with E-state index in [0.29, 0.717) is 5.41 Å². The van der Waals surface area contributed by atoms with Gasteiger partial charge in [-0.3, -0.25) is 4.79 Å². The minimum atomic E-state index is -0.556. The van der Waals surface area contributed by atoms with Crippen LogP contribution in [0.25, 0.3) is 0 Å². The third-order valence-corrected chi connectivity index (χ3v) is 5.82. The average Bonchev–Trinajstić information content (AvgIpc) is 2.93. The average molecular weight is 286 g/mol. The first-order valence-corrected chi connectivity index (χ1v) is 8.19. The fraction of sp³-hybridized carbons (Fsp3) is 0.611. The lowest BCUT2D eigenvalue weighted by molar-refractivity contribution is -0.124. The second-order valence-electron chi connectivity index (χ2n) is 7.09. The summed E-state index contributed by atoms with van der Waals surface area (Å²) in [6, 6.07) is 8.13. The second-order valence-corrected chi connectivity index (χ2v) is 7.09. The number of aryl methyl sites for hydroxylation is 1. The topological polar surface area (TPSA) is 55.1 Å². The van der Waals surface area contributed by atoms with Crippen LogP contribution < -0.4 is 11.1 Å². The van der Waals surface area contributed by atoms with Gasteiger partial charge in [-0.1, -0.05) is 31.0 Å². The Bertz CT molecular complexity index is 522. The van der Waals surface area contributed by atoms with Gasteiger partial charge in [-0.2, -0.15) is 0 Å². The number of benzene rings is 1. The van der Waals surface area contributed by atoms with Gasteiger partial charge in [0, 0.05) is 5.69 Å². The molecule has 0 heterocycles. The highest BCUT2D eigenvalue weighted by atomic mass is 16.1. The Labute approximate surface area is 127 Å². The molecule has 1 amide bonds. The maximum absolute atomic E-state index is 12.2. The number of hydrogen-bond donors (Lipinski definition) is 2. The molecule has 1 spiro atoms. The number of hydrogen-bond acceptors (Lipinski definition) is 2. The van der Waals surface area contributed by atoms with Gasteiger partial charge in [-0.15, -0.1) is 0 Å². The van der Waals surface area contributed by atoms with E-state index in [-0.39, 0.29) is 5.91 Å². The molecule has 0 unspecified atom stereocenters. The van der Waals surface area contributed by atoms with Crippen molar-refractivity contribution in [2.24, 2.45) is 11.1 Å². The van der Waals surface area contributed by atoms with Gasteiger partial charge in [0.05, 0.1) is 0 Å². The molecule has 114 valence electrons. The summed E-state index contributed by atoms with van der Waals surface area (Å²) in [4.78, 5) is 12.2. The molecule has 2 aliphatic rings. The Kier molecular flexibility index (Phi) is 3.68. The molecule has 0 saturated heterocycles. The van der Waals surface area contributed by atoms with Gasteiger partial charge in [0.1, 0.15) is 5.54 Å². The molecule has 0 aromatic heterocycles. The molecule has 3 rings (SSSR count). The summed E-state index contributed by atoms with van der Waals surface area (Å²) < 4.78 is 0. The summed E-state index contributed by atoms with van der Waals surface area (Å²) >= 11 is 0. The number of nitrogens with two attached hydrogens (primary N) is 1. The summed E-state index contributed by atoms with van der Waals surface area (Å²) in [5, 5.41) is 3.49. The van der Waals surface area contributed by atoms with Crippen molar-refractivity contribution < 1.29 is 4.79 Å². The maximum atomic E-state index is 12.2. The number of para-hydroxylation sites is 1. The summed E-state index contributed by atoms with van der Waals surface area (Å²) in [6.45, 7) is 2.07. The van der Waals surface area contributed by atoms with E-state index < -0.39 is 5.54 Å². The van der Waals surface area contributed by atoms with E-state index >= 15 is 0 Å². The Morgan fingerprint density at radius 1 is 1.05 bits per heavy atom. The monoisotopic (exact) mass is 286 g/mol. The van der Waals surface area contributed by atoms with Gasteiger partial charge >= 0.3 is 0 Å². The molecular weight excluding hydrogens is 260 g/mol. The molecule has 1 aromatic carbocycles. The molecule has 2 fully saturated rings. The molecule has 3 heteroatoms. The molecule has 0 atom stereocenters. The van der Waals surface area contributed by atoms with Gasteiger partial charge in [-0.05, 0) is 62.5 Å². The number of amides is 1. The first-order chi connectivity index (χ1) is 10.1. The molecule has 0 radical (unpaired) electrons. The molecule has 3 N–H and O–H groups in total. The van der Waals surface area contributed by atoms with Crippen LogP contribution in [0.5, 0.6) is 0 Å². The van der Waals surface area contributed by atoms with Crippen LogP contribution in [-0.2, 0) is 4.79 Å². The van der Waals surface area contributed by atoms with Crippen molar-refractivity contribution in [3.8, 4) is 0 Å². The molecule has 21 heavy (non-hydrogen) atoms. The van der Waals surface area contributed by atoms with Crippen molar-refractivity contribution in [3.63, 3.8) is 0 Å². The molecule has 3 nitrogen and oxygen atoms in total. The third kappa shape index (κ3) is 2.66. The summed E-state index contributed by atoms with van der Waals surface area (Å²) in [7, 11) is 0. The predicted octanol–water partition coefficient (Wildman–Crippen LogP) is 3.77. The van der Waals surface area contributed by atoms with Crippen molar-refractivity contribution in [3.05, 3.63) is 29.8 Å². The zero-order valence-corrected chi connectivity index (χ0v) is 13.0. The molecule has 0 aliphatic heterocycles. The van der Waals surface area contributed by atoms with E-state index in [0.717, 1.165) is 31.4 Å². The van der Waals surface area contributed by atoms with Crippen LogP contribution in [0.3, 0.4) is 0 Å². The largest absolute Gasteiger partial charge is 0.371 e. The molecule has 0 bridgehead atoms. The highest BCUT2D eigenvalue weighted by molar-refractivity contribution is 5.88. The van der Waals surface area contributed by atoms with Gasteiger partial charge in [0.25, 0.3) is 0 Å². The Morgan fingerprint density at radius 2 is 1.67 bits per heavy atom. The van der Waals surface area contributed by atoms with E-state index in [2.05, 4.69) is 18.3 Å². The Morgan fingerprint density at radius 3 is 2.24 bits per heavy atom. The fourth-order valence-corrected chi connectivity index (χ4v) is 4.24. The van der Waals surface area contributed by atoms with Crippen LogP contribution in [0.15, 0.2) is 24.3 Å². The predicted molar refractivity (Wildman–Crippen MR) is 86.1 cm³/mol. The lowest BCUT2D eigenvalue weighted by Crippen LogP contribution is -2.54. The van der Waals surface area contributed by atoms with Crippen LogP contribution in [0, 0.1) is 12.3 Å². The quantitative estimate of drug-likeness (QED) is 0.888. The minimum absolute atomic E-state index is 0.196. The number of anilines is 1.